The molecule has 3 rings (SSSR count). The molecule has 2 aromatic rings. The maximum atomic E-state index is 12.9. The summed E-state index contributed by atoms with van der Waals surface area (Å²) in [5.41, 5.74) is 2.41. The number of hydrogen-bond acceptors (Lipinski definition) is 3. The minimum atomic E-state index is -0.361. The number of nitrogens with one attached hydrogen (secondary N) is 1. The number of carbonyl (C=O) groups excluding carboxylic acids is 1. The molecule has 23 heavy (non-hydrogen) atoms. The Hall–Kier alpha value is -2.56. The molecule has 0 bridgehead atoms. The Morgan fingerprint density at radius 2 is 1.78 bits per heavy atom. The lowest BCUT2D eigenvalue weighted by Gasteiger charge is -2.13. The SMILES string of the molecule is Cc1cc2c(cc1CNC(=O)c1ccc(F)cc1)OCCCO2. The Balaban J connectivity index is 1.71. The predicted molar refractivity (Wildman–Crippen MR) is 84.4 cm³/mol. The van der Waals surface area contributed by atoms with E-state index in [2.05, 4.69) is 5.32 Å². The molecule has 1 aliphatic rings. The monoisotopic (exact) mass is 315 g/mol. The van der Waals surface area contributed by atoms with Gasteiger partial charge in [-0.3, -0.25) is 4.79 Å². The number of halogens is 1. The van der Waals surface area contributed by atoms with Crippen molar-refractivity contribution in [2.24, 2.45) is 0 Å². The fraction of sp³-hybridized carbons (Fsp3) is 0.278. The first-order chi connectivity index (χ1) is 11.1. The molecule has 0 aromatic heterocycles. The van der Waals surface area contributed by atoms with E-state index in [-0.39, 0.29) is 11.7 Å². The predicted octanol–water partition coefficient (Wildman–Crippen LogP) is 3.23. The molecule has 1 N–H and O–H groups in total. The van der Waals surface area contributed by atoms with Gasteiger partial charge in [-0.1, -0.05) is 0 Å². The van der Waals surface area contributed by atoms with Crippen LogP contribution in [0.25, 0.3) is 0 Å². The van der Waals surface area contributed by atoms with E-state index in [4.69, 9.17) is 9.47 Å². The van der Waals surface area contributed by atoms with Crippen molar-refractivity contribution in [2.75, 3.05) is 13.2 Å². The first kappa shape index (κ1) is 15.3. The van der Waals surface area contributed by atoms with Crippen LogP contribution in [0.4, 0.5) is 4.39 Å². The first-order valence-electron chi connectivity index (χ1n) is 7.56. The van der Waals surface area contributed by atoms with E-state index >= 15 is 0 Å². The molecule has 120 valence electrons. The van der Waals surface area contributed by atoms with Gasteiger partial charge in [0.05, 0.1) is 13.2 Å². The minimum Gasteiger partial charge on any atom is -0.490 e. The Kier molecular flexibility index (Phi) is 4.46. The van der Waals surface area contributed by atoms with Gasteiger partial charge < -0.3 is 14.8 Å². The second-order valence-electron chi connectivity index (χ2n) is 5.47. The highest BCUT2D eigenvalue weighted by Crippen LogP contribution is 2.32. The van der Waals surface area contributed by atoms with E-state index in [1.165, 1.54) is 24.3 Å². The first-order valence-corrected chi connectivity index (χ1v) is 7.56. The van der Waals surface area contributed by atoms with Crippen LogP contribution in [-0.4, -0.2) is 19.1 Å². The molecule has 0 aliphatic carbocycles. The molecular weight excluding hydrogens is 297 g/mol. The minimum absolute atomic E-state index is 0.239. The third-order valence-corrected chi connectivity index (χ3v) is 3.75. The Morgan fingerprint density at radius 1 is 1.13 bits per heavy atom. The van der Waals surface area contributed by atoms with Gasteiger partial charge in [-0.2, -0.15) is 0 Å². The summed E-state index contributed by atoms with van der Waals surface area (Å²) in [6.07, 6.45) is 0.852. The number of amides is 1. The maximum Gasteiger partial charge on any atom is 0.251 e. The van der Waals surface area contributed by atoms with Crippen LogP contribution >= 0.6 is 0 Å². The average Bonchev–Trinajstić information content (AvgIpc) is 2.78. The van der Waals surface area contributed by atoms with Gasteiger partial charge in [0, 0.05) is 18.5 Å². The zero-order valence-corrected chi connectivity index (χ0v) is 12.9. The molecule has 5 heteroatoms. The molecule has 0 fully saturated rings. The van der Waals surface area contributed by atoms with E-state index in [1.807, 2.05) is 19.1 Å². The van der Waals surface area contributed by atoms with E-state index < -0.39 is 0 Å². The largest absolute Gasteiger partial charge is 0.490 e. The summed E-state index contributed by atoms with van der Waals surface area (Å²) in [5, 5.41) is 2.84. The van der Waals surface area contributed by atoms with Crippen LogP contribution in [-0.2, 0) is 6.54 Å². The molecular formula is C18H18FNO3. The summed E-state index contributed by atoms with van der Waals surface area (Å²) in [7, 11) is 0. The molecule has 0 saturated heterocycles. The molecule has 1 heterocycles. The summed E-state index contributed by atoms with van der Waals surface area (Å²) in [6.45, 7) is 3.61. The number of carbonyl (C=O) groups is 1. The zero-order chi connectivity index (χ0) is 16.2. The third-order valence-electron chi connectivity index (χ3n) is 3.75. The molecule has 0 spiro atoms. The summed E-state index contributed by atoms with van der Waals surface area (Å²) < 4.78 is 24.2. The molecule has 0 radical (unpaired) electrons. The van der Waals surface area contributed by atoms with Gasteiger partial charge in [0.1, 0.15) is 5.82 Å². The van der Waals surface area contributed by atoms with Crippen LogP contribution in [0.5, 0.6) is 11.5 Å². The third kappa shape index (κ3) is 3.62. The molecule has 0 unspecified atom stereocenters. The van der Waals surface area contributed by atoms with E-state index in [1.54, 1.807) is 0 Å². The van der Waals surface area contributed by atoms with Crippen molar-refractivity contribution < 1.29 is 18.7 Å². The Morgan fingerprint density at radius 3 is 2.48 bits per heavy atom. The van der Waals surface area contributed by atoms with Crippen molar-refractivity contribution in [3.05, 3.63) is 58.9 Å². The number of fused-ring (bicyclic) bond motifs is 1. The highest BCUT2D eigenvalue weighted by molar-refractivity contribution is 5.94. The van der Waals surface area contributed by atoms with Crippen molar-refractivity contribution in [1.29, 1.82) is 0 Å². The smallest absolute Gasteiger partial charge is 0.251 e. The summed E-state index contributed by atoms with van der Waals surface area (Å²) in [6, 6.07) is 9.30. The summed E-state index contributed by atoms with van der Waals surface area (Å²) in [5.74, 6) is 0.851. The maximum absolute atomic E-state index is 12.9. The second kappa shape index (κ2) is 6.69. The van der Waals surface area contributed by atoms with Crippen molar-refractivity contribution in [2.45, 2.75) is 19.9 Å². The van der Waals surface area contributed by atoms with Crippen LogP contribution < -0.4 is 14.8 Å². The number of aryl methyl sites for hydroxylation is 1. The van der Waals surface area contributed by atoms with E-state index in [0.29, 0.717) is 31.1 Å². The van der Waals surface area contributed by atoms with Crippen molar-refractivity contribution in [1.82, 2.24) is 5.32 Å². The van der Waals surface area contributed by atoms with Gasteiger partial charge in [0.25, 0.3) is 5.91 Å². The fourth-order valence-electron chi connectivity index (χ4n) is 2.42. The van der Waals surface area contributed by atoms with Gasteiger partial charge in [0.15, 0.2) is 11.5 Å². The van der Waals surface area contributed by atoms with Crippen molar-refractivity contribution >= 4 is 5.91 Å². The quantitative estimate of drug-likeness (QED) is 0.946. The highest BCUT2D eigenvalue weighted by Gasteiger charge is 2.14. The average molecular weight is 315 g/mol. The molecule has 1 aliphatic heterocycles. The zero-order valence-electron chi connectivity index (χ0n) is 12.9. The van der Waals surface area contributed by atoms with Gasteiger partial charge in [-0.25, -0.2) is 4.39 Å². The molecule has 4 nitrogen and oxygen atoms in total. The lowest BCUT2D eigenvalue weighted by molar-refractivity contribution is 0.0951. The van der Waals surface area contributed by atoms with Crippen LogP contribution in [0.15, 0.2) is 36.4 Å². The number of rotatable bonds is 3. The second-order valence-corrected chi connectivity index (χ2v) is 5.47. The van der Waals surface area contributed by atoms with Gasteiger partial charge in [-0.15, -0.1) is 0 Å². The summed E-state index contributed by atoms with van der Waals surface area (Å²) in [4.78, 5) is 12.1. The van der Waals surface area contributed by atoms with Crippen molar-refractivity contribution in [3.8, 4) is 11.5 Å². The Labute approximate surface area is 134 Å². The fourth-order valence-corrected chi connectivity index (χ4v) is 2.42. The van der Waals surface area contributed by atoms with Gasteiger partial charge in [0.2, 0.25) is 0 Å². The lowest BCUT2D eigenvalue weighted by atomic mass is 10.1. The normalized spacial score (nSPS) is 13.3. The van der Waals surface area contributed by atoms with Gasteiger partial charge in [-0.05, 0) is 54.4 Å². The standard InChI is InChI=1S/C18H18FNO3/c1-12-9-16-17(23-8-2-7-22-16)10-14(12)11-20-18(21)13-3-5-15(19)6-4-13/h3-6,9-10H,2,7-8,11H2,1H3,(H,20,21). The topological polar surface area (TPSA) is 47.6 Å². The summed E-state index contributed by atoms with van der Waals surface area (Å²) >= 11 is 0. The lowest BCUT2D eigenvalue weighted by Crippen LogP contribution is -2.23. The van der Waals surface area contributed by atoms with E-state index in [9.17, 15) is 9.18 Å². The number of benzene rings is 2. The van der Waals surface area contributed by atoms with Crippen LogP contribution in [0.1, 0.15) is 27.9 Å². The van der Waals surface area contributed by atoms with Crippen molar-refractivity contribution in [3.63, 3.8) is 0 Å². The van der Waals surface area contributed by atoms with E-state index in [0.717, 1.165) is 23.3 Å². The number of ether oxygens (including phenoxy) is 2. The highest BCUT2D eigenvalue weighted by atomic mass is 19.1. The molecule has 0 atom stereocenters. The van der Waals surface area contributed by atoms with Crippen LogP contribution in [0.2, 0.25) is 0 Å². The van der Waals surface area contributed by atoms with Gasteiger partial charge >= 0.3 is 0 Å². The van der Waals surface area contributed by atoms with Crippen LogP contribution in [0.3, 0.4) is 0 Å². The number of hydrogen-bond donors (Lipinski definition) is 1. The molecule has 1 amide bonds. The molecule has 0 saturated carbocycles. The molecule has 2 aromatic carbocycles. The Bertz CT molecular complexity index is 713. The van der Waals surface area contributed by atoms with Crippen LogP contribution in [0, 0.1) is 12.7 Å².